The highest BCUT2D eigenvalue weighted by Crippen LogP contribution is 2.07. The molecule has 0 saturated carbocycles. The van der Waals surface area contributed by atoms with Crippen LogP contribution in [0.4, 0.5) is 0 Å². The number of aliphatic carboxylic acids is 1. The molecule has 1 rings (SSSR count). The number of hydrogen-bond acceptors (Lipinski definition) is 5. The number of aromatic nitrogens is 2. The zero-order chi connectivity index (χ0) is 12.9. The van der Waals surface area contributed by atoms with Gasteiger partial charge in [0.25, 0.3) is 10.0 Å². The van der Waals surface area contributed by atoms with E-state index in [0.29, 0.717) is 0 Å². The number of nitrogens with one attached hydrogen (secondary N) is 1. The molecule has 9 heteroatoms. The van der Waals surface area contributed by atoms with Gasteiger partial charge in [0.15, 0.2) is 0 Å². The summed E-state index contributed by atoms with van der Waals surface area (Å²) in [5.74, 6) is -0.975. The average molecular weight is 263 g/mol. The SMILES string of the molecule is CCONS(=O)(=O)c1cnn(CCC(=O)O)c1. The number of carbonyl (C=O) groups is 1. The Morgan fingerprint density at radius 2 is 2.35 bits per heavy atom. The highest BCUT2D eigenvalue weighted by Gasteiger charge is 2.16. The van der Waals surface area contributed by atoms with Crippen molar-refractivity contribution in [2.24, 2.45) is 0 Å². The van der Waals surface area contributed by atoms with Gasteiger partial charge in [-0.15, -0.1) is 0 Å². The van der Waals surface area contributed by atoms with E-state index in [1.165, 1.54) is 10.9 Å². The zero-order valence-electron chi connectivity index (χ0n) is 9.16. The molecule has 0 aliphatic rings. The van der Waals surface area contributed by atoms with Crippen molar-refractivity contribution in [2.75, 3.05) is 6.61 Å². The van der Waals surface area contributed by atoms with Crippen LogP contribution < -0.4 is 4.89 Å². The van der Waals surface area contributed by atoms with E-state index in [1.807, 2.05) is 4.89 Å². The first kappa shape index (κ1) is 13.6. The summed E-state index contributed by atoms with van der Waals surface area (Å²) in [4.78, 5) is 16.7. The number of carboxylic acid groups (broad SMARTS) is 1. The van der Waals surface area contributed by atoms with E-state index in [1.54, 1.807) is 6.92 Å². The van der Waals surface area contributed by atoms with Gasteiger partial charge in [-0.25, -0.2) is 8.42 Å². The molecule has 1 heterocycles. The summed E-state index contributed by atoms with van der Waals surface area (Å²) in [5, 5.41) is 12.2. The molecule has 0 bridgehead atoms. The van der Waals surface area contributed by atoms with Gasteiger partial charge in [0.2, 0.25) is 0 Å². The fourth-order valence-corrected chi connectivity index (χ4v) is 1.82. The standard InChI is InChI=1S/C8H13N3O5S/c1-2-16-10-17(14,15)7-5-9-11(6-7)4-3-8(12)13/h5-6,10H,2-4H2,1H3,(H,12,13). The molecule has 0 amide bonds. The second-order valence-corrected chi connectivity index (χ2v) is 4.75. The quantitative estimate of drug-likeness (QED) is 0.647. The second kappa shape index (κ2) is 5.75. The van der Waals surface area contributed by atoms with Gasteiger partial charge in [-0.1, -0.05) is 4.89 Å². The maximum Gasteiger partial charge on any atom is 0.305 e. The number of rotatable bonds is 7. The van der Waals surface area contributed by atoms with Crippen LogP contribution in [-0.4, -0.2) is 35.9 Å². The first-order chi connectivity index (χ1) is 7.95. The van der Waals surface area contributed by atoms with Gasteiger partial charge in [-0.05, 0) is 6.92 Å². The summed E-state index contributed by atoms with van der Waals surface area (Å²) < 4.78 is 24.3. The van der Waals surface area contributed by atoms with Crippen molar-refractivity contribution in [1.29, 1.82) is 0 Å². The Balaban J connectivity index is 2.70. The minimum atomic E-state index is -3.74. The number of sulfonamides is 1. The van der Waals surface area contributed by atoms with Crippen LogP contribution in [-0.2, 0) is 26.2 Å². The molecule has 0 aliphatic carbocycles. The summed E-state index contributed by atoms with van der Waals surface area (Å²) in [6.45, 7) is 1.95. The summed E-state index contributed by atoms with van der Waals surface area (Å²) in [6.07, 6.45) is 2.24. The summed E-state index contributed by atoms with van der Waals surface area (Å²) in [7, 11) is -3.74. The Morgan fingerprint density at radius 3 is 2.94 bits per heavy atom. The lowest BCUT2D eigenvalue weighted by Gasteiger charge is -2.02. The van der Waals surface area contributed by atoms with Gasteiger partial charge in [0.05, 0.1) is 25.8 Å². The number of nitrogens with zero attached hydrogens (tertiary/aromatic N) is 2. The smallest absolute Gasteiger partial charge is 0.305 e. The van der Waals surface area contributed by atoms with E-state index in [2.05, 4.69) is 9.94 Å². The Hall–Kier alpha value is -1.45. The second-order valence-electron chi connectivity index (χ2n) is 3.10. The molecule has 0 saturated heterocycles. The van der Waals surface area contributed by atoms with Gasteiger partial charge in [-0.3, -0.25) is 14.3 Å². The first-order valence-corrected chi connectivity index (χ1v) is 6.32. The molecule has 96 valence electrons. The fraction of sp³-hybridized carbons (Fsp3) is 0.500. The van der Waals surface area contributed by atoms with Crippen LogP contribution in [0.1, 0.15) is 13.3 Å². The van der Waals surface area contributed by atoms with Crippen molar-refractivity contribution in [3.05, 3.63) is 12.4 Å². The molecule has 1 aromatic heterocycles. The van der Waals surface area contributed by atoms with Crippen molar-refractivity contribution < 1.29 is 23.2 Å². The van der Waals surface area contributed by atoms with Crippen LogP contribution in [0, 0.1) is 0 Å². The van der Waals surface area contributed by atoms with Crippen LogP contribution in [0.15, 0.2) is 17.3 Å². The first-order valence-electron chi connectivity index (χ1n) is 4.83. The van der Waals surface area contributed by atoms with Crippen molar-refractivity contribution in [3.8, 4) is 0 Å². The normalized spacial score (nSPS) is 11.6. The topological polar surface area (TPSA) is 111 Å². The van der Waals surface area contributed by atoms with Crippen LogP contribution in [0.25, 0.3) is 0 Å². The van der Waals surface area contributed by atoms with Crippen molar-refractivity contribution in [2.45, 2.75) is 24.8 Å². The molecule has 2 N–H and O–H groups in total. The maximum atomic E-state index is 11.5. The molecule has 8 nitrogen and oxygen atoms in total. The molecule has 0 spiro atoms. The zero-order valence-corrected chi connectivity index (χ0v) is 9.98. The molecule has 1 aromatic rings. The largest absolute Gasteiger partial charge is 0.481 e. The highest BCUT2D eigenvalue weighted by atomic mass is 32.2. The molecule has 0 radical (unpaired) electrons. The van der Waals surface area contributed by atoms with Crippen molar-refractivity contribution >= 4 is 16.0 Å². The minimum Gasteiger partial charge on any atom is -0.481 e. The Morgan fingerprint density at radius 1 is 1.65 bits per heavy atom. The molecule has 0 aromatic carbocycles. The third-order valence-corrected chi connectivity index (χ3v) is 2.96. The molecular formula is C8H13N3O5S. The third-order valence-electron chi connectivity index (χ3n) is 1.79. The lowest BCUT2D eigenvalue weighted by atomic mass is 10.4. The summed E-state index contributed by atoms with van der Waals surface area (Å²) in [6, 6.07) is 0. The maximum absolute atomic E-state index is 11.5. The van der Waals surface area contributed by atoms with E-state index in [0.717, 1.165) is 6.20 Å². The lowest BCUT2D eigenvalue weighted by Crippen LogP contribution is -2.23. The highest BCUT2D eigenvalue weighted by molar-refractivity contribution is 7.89. The number of aryl methyl sites for hydroxylation is 1. The van der Waals surface area contributed by atoms with Gasteiger partial charge < -0.3 is 5.11 Å². The molecule has 0 aliphatic heterocycles. The Kier molecular flexibility index (Phi) is 4.61. The van der Waals surface area contributed by atoms with Crippen LogP contribution in [0.2, 0.25) is 0 Å². The van der Waals surface area contributed by atoms with E-state index in [4.69, 9.17) is 5.11 Å². The monoisotopic (exact) mass is 263 g/mol. The van der Waals surface area contributed by atoms with E-state index < -0.39 is 16.0 Å². The predicted octanol–water partition coefficient (Wildman–Crippen LogP) is -0.412. The molecule has 0 unspecified atom stereocenters. The van der Waals surface area contributed by atoms with E-state index in [-0.39, 0.29) is 24.5 Å². The molecular weight excluding hydrogens is 250 g/mol. The predicted molar refractivity (Wildman–Crippen MR) is 56.4 cm³/mol. The molecule has 0 fully saturated rings. The van der Waals surface area contributed by atoms with Crippen LogP contribution in [0.3, 0.4) is 0 Å². The van der Waals surface area contributed by atoms with Crippen LogP contribution in [0.5, 0.6) is 0 Å². The van der Waals surface area contributed by atoms with E-state index >= 15 is 0 Å². The van der Waals surface area contributed by atoms with Gasteiger partial charge in [0, 0.05) is 6.20 Å². The van der Waals surface area contributed by atoms with Gasteiger partial charge in [0.1, 0.15) is 4.90 Å². The average Bonchev–Trinajstić information content (AvgIpc) is 2.73. The fourth-order valence-electron chi connectivity index (χ4n) is 1.00. The number of carboxylic acids is 1. The van der Waals surface area contributed by atoms with E-state index in [9.17, 15) is 13.2 Å². The van der Waals surface area contributed by atoms with Gasteiger partial charge in [-0.2, -0.15) is 5.10 Å². The van der Waals surface area contributed by atoms with Crippen molar-refractivity contribution in [3.63, 3.8) is 0 Å². The van der Waals surface area contributed by atoms with Crippen LogP contribution >= 0.6 is 0 Å². The molecule has 17 heavy (non-hydrogen) atoms. The minimum absolute atomic E-state index is 0.0728. The van der Waals surface area contributed by atoms with Gasteiger partial charge >= 0.3 is 5.97 Å². The Bertz CT molecular complexity index is 481. The summed E-state index contributed by atoms with van der Waals surface area (Å²) in [5.41, 5.74) is 0. The molecule has 0 atom stereocenters. The summed E-state index contributed by atoms with van der Waals surface area (Å²) >= 11 is 0. The van der Waals surface area contributed by atoms with Crippen molar-refractivity contribution in [1.82, 2.24) is 14.7 Å². The Labute approximate surface area is 98.2 Å². The lowest BCUT2D eigenvalue weighted by molar-refractivity contribution is -0.137. The third kappa shape index (κ3) is 4.13. The number of hydrogen-bond donors (Lipinski definition) is 2.